The van der Waals surface area contributed by atoms with Crippen LogP contribution < -0.4 is 0 Å². The van der Waals surface area contributed by atoms with E-state index < -0.39 is 28.9 Å². The maximum atomic E-state index is 12.2. The summed E-state index contributed by atoms with van der Waals surface area (Å²) in [5.74, 6) is -0.931. The molecule has 9 nitrogen and oxygen atoms in total. The van der Waals surface area contributed by atoms with Crippen LogP contribution in [0.5, 0.6) is 0 Å². The molecule has 0 aliphatic carbocycles. The van der Waals surface area contributed by atoms with E-state index in [9.17, 15) is 25.0 Å². The zero-order valence-electron chi connectivity index (χ0n) is 17.3. The monoisotopic (exact) mass is 427 g/mol. The molecular formula is C22H25N3O6. The summed E-state index contributed by atoms with van der Waals surface area (Å²) in [6, 6.07) is 13.9. The van der Waals surface area contributed by atoms with Crippen molar-refractivity contribution in [2.45, 2.75) is 38.4 Å². The number of carbonyl (C=O) groups excluding carboxylic acids is 1. The van der Waals surface area contributed by atoms with Gasteiger partial charge in [0.05, 0.1) is 18.0 Å². The lowest BCUT2D eigenvalue weighted by molar-refractivity contribution is -0.545. The minimum atomic E-state index is -1.04. The first kappa shape index (κ1) is 22.4. The van der Waals surface area contributed by atoms with Crippen LogP contribution in [0, 0.1) is 26.1 Å². The van der Waals surface area contributed by atoms with Gasteiger partial charge in [0.25, 0.3) is 5.69 Å². The fourth-order valence-electron chi connectivity index (χ4n) is 4.26. The van der Waals surface area contributed by atoms with Crippen molar-refractivity contribution in [1.29, 1.82) is 0 Å². The van der Waals surface area contributed by atoms with E-state index in [4.69, 9.17) is 4.74 Å². The van der Waals surface area contributed by atoms with Gasteiger partial charge in [0.2, 0.25) is 6.04 Å². The first-order valence-electron chi connectivity index (χ1n) is 10.2. The van der Waals surface area contributed by atoms with Crippen LogP contribution in [-0.4, -0.2) is 39.9 Å². The lowest BCUT2D eigenvalue weighted by Crippen LogP contribution is -2.50. The number of likely N-dealkylation sites (tertiary alicyclic amines) is 1. The topological polar surface area (TPSA) is 116 Å². The van der Waals surface area contributed by atoms with Crippen molar-refractivity contribution in [1.82, 2.24) is 4.90 Å². The Balaban J connectivity index is 1.96. The second kappa shape index (κ2) is 10.1. The van der Waals surface area contributed by atoms with Gasteiger partial charge in [-0.3, -0.25) is 29.9 Å². The second-order valence-corrected chi connectivity index (χ2v) is 7.58. The molecule has 0 unspecified atom stereocenters. The van der Waals surface area contributed by atoms with E-state index in [0.29, 0.717) is 25.1 Å². The smallest absolute Gasteiger partial charge is 0.306 e. The van der Waals surface area contributed by atoms with Crippen molar-refractivity contribution in [3.8, 4) is 0 Å². The van der Waals surface area contributed by atoms with Gasteiger partial charge in [-0.05, 0) is 31.0 Å². The number of piperidine rings is 1. The number of hydrogen-bond acceptors (Lipinski definition) is 7. The lowest BCUT2D eigenvalue weighted by Gasteiger charge is -2.41. The molecule has 0 aromatic heterocycles. The number of esters is 1. The van der Waals surface area contributed by atoms with Crippen LogP contribution in [0.2, 0.25) is 0 Å². The number of nitro benzene ring substituents is 1. The molecule has 0 amide bonds. The molecule has 2 aromatic rings. The molecule has 2 aromatic carbocycles. The van der Waals surface area contributed by atoms with Gasteiger partial charge in [0.15, 0.2) is 0 Å². The highest BCUT2D eigenvalue weighted by molar-refractivity contribution is 5.69. The van der Waals surface area contributed by atoms with Crippen LogP contribution in [0.1, 0.15) is 36.9 Å². The second-order valence-electron chi connectivity index (χ2n) is 7.58. The van der Waals surface area contributed by atoms with Gasteiger partial charge in [-0.25, -0.2) is 0 Å². The number of hydrogen-bond donors (Lipinski definition) is 0. The fraction of sp³-hybridized carbons (Fsp3) is 0.409. The Morgan fingerprint density at radius 2 is 1.77 bits per heavy atom. The molecule has 31 heavy (non-hydrogen) atoms. The molecule has 1 aliphatic rings. The summed E-state index contributed by atoms with van der Waals surface area (Å²) < 4.78 is 5.03. The highest BCUT2D eigenvalue weighted by Gasteiger charge is 2.47. The van der Waals surface area contributed by atoms with Crippen molar-refractivity contribution in [3.05, 3.63) is 86.0 Å². The summed E-state index contributed by atoms with van der Waals surface area (Å²) in [7, 11) is 0. The third-order valence-corrected chi connectivity index (χ3v) is 5.64. The molecule has 0 radical (unpaired) electrons. The summed E-state index contributed by atoms with van der Waals surface area (Å²) in [6.45, 7) is 2.98. The molecule has 164 valence electrons. The molecule has 0 bridgehead atoms. The van der Waals surface area contributed by atoms with Crippen molar-refractivity contribution in [2.75, 3.05) is 13.2 Å². The third-order valence-electron chi connectivity index (χ3n) is 5.64. The molecule has 0 spiro atoms. The first-order chi connectivity index (χ1) is 14.9. The number of nitrogens with zero attached hydrogens (tertiary/aromatic N) is 3. The van der Waals surface area contributed by atoms with E-state index in [1.165, 1.54) is 12.1 Å². The Hall–Kier alpha value is -3.33. The molecule has 3 rings (SSSR count). The zero-order chi connectivity index (χ0) is 22.4. The quantitative estimate of drug-likeness (QED) is 0.358. The Labute approximate surface area is 179 Å². The standard InChI is InChI=1S/C22H25N3O6/c1-2-31-20(26)14-18-12-13-23(15-16-6-4-3-5-7-16)21(22(18)25(29)30)17-8-10-19(11-9-17)24(27)28/h3-11,18,21-22H,2,12-15H2,1H3/t18-,21+,22-/m1/s1. The molecule has 1 saturated heterocycles. The number of benzene rings is 2. The highest BCUT2D eigenvalue weighted by Crippen LogP contribution is 2.39. The molecule has 3 atom stereocenters. The Morgan fingerprint density at radius 3 is 2.35 bits per heavy atom. The molecule has 0 N–H and O–H groups in total. The van der Waals surface area contributed by atoms with Gasteiger partial charge >= 0.3 is 5.97 Å². The summed E-state index contributed by atoms with van der Waals surface area (Å²) in [5.41, 5.74) is 1.56. The van der Waals surface area contributed by atoms with Gasteiger partial charge in [-0.1, -0.05) is 42.5 Å². The van der Waals surface area contributed by atoms with Crippen LogP contribution >= 0.6 is 0 Å². The fourth-order valence-corrected chi connectivity index (χ4v) is 4.26. The average molecular weight is 427 g/mol. The van der Waals surface area contributed by atoms with Crippen LogP contribution in [0.15, 0.2) is 54.6 Å². The number of rotatable bonds is 8. The van der Waals surface area contributed by atoms with Crippen molar-refractivity contribution < 1.29 is 19.4 Å². The van der Waals surface area contributed by atoms with Gasteiger partial charge in [-0.15, -0.1) is 0 Å². The Morgan fingerprint density at radius 1 is 1.10 bits per heavy atom. The third kappa shape index (κ3) is 5.43. The minimum Gasteiger partial charge on any atom is -0.466 e. The maximum Gasteiger partial charge on any atom is 0.306 e. The van der Waals surface area contributed by atoms with Crippen LogP contribution in [0.3, 0.4) is 0 Å². The summed E-state index contributed by atoms with van der Waals surface area (Å²) in [6.07, 6.45) is 0.461. The summed E-state index contributed by atoms with van der Waals surface area (Å²) in [4.78, 5) is 36.5. The highest BCUT2D eigenvalue weighted by atomic mass is 16.6. The van der Waals surface area contributed by atoms with E-state index in [2.05, 4.69) is 0 Å². The molecular weight excluding hydrogens is 402 g/mol. The number of ether oxygens (including phenoxy) is 1. The number of nitro groups is 2. The normalized spacial score (nSPS) is 21.4. The van der Waals surface area contributed by atoms with Gasteiger partial charge in [0.1, 0.15) is 6.04 Å². The predicted octanol–water partition coefficient (Wildman–Crippen LogP) is 3.76. The van der Waals surface area contributed by atoms with Crippen molar-refractivity contribution in [2.24, 2.45) is 5.92 Å². The zero-order valence-corrected chi connectivity index (χ0v) is 17.3. The minimum absolute atomic E-state index is 0.0256. The Kier molecular flexibility index (Phi) is 7.30. The molecule has 1 fully saturated rings. The van der Waals surface area contributed by atoms with Crippen molar-refractivity contribution >= 4 is 11.7 Å². The van der Waals surface area contributed by atoms with E-state index in [1.807, 2.05) is 35.2 Å². The number of non-ortho nitro benzene ring substituents is 1. The number of carbonyl (C=O) groups is 1. The van der Waals surface area contributed by atoms with Gasteiger partial charge in [-0.2, -0.15) is 0 Å². The average Bonchev–Trinajstić information content (AvgIpc) is 2.75. The van der Waals surface area contributed by atoms with Crippen molar-refractivity contribution in [3.63, 3.8) is 0 Å². The largest absolute Gasteiger partial charge is 0.466 e. The lowest BCUT2D eigenvalue weighted by atomic mass is 9.80. The summed E-state index contributed by atoms with van der Waals surface area (Å²) in [5, 5.41) is 23.2. The molecule has 1 heterocycles. The van der Waals surface area contributed by atoms with E-state index >= 15 is 0 Å². The Bertz CT molecular complexity index is 919. The van der Waals surface area contributed by atoms with E-state index in [-0.39, 0.29) is 23.6 Å². The van der Waals surface area contributed by atoms with Gasteiger partial charge < -0.3 is 4.74 Å². The maximum absolute atomic E-state index is 12.2. The molecule has 9 heteroatoms. The van der Waals surface area contributed by atoms with E-state index in [0.717, 1.165) is 5.56 Å². The predicted molar refractivity (Wildman–Crippen MR) is 113 cm³/mol. The van der Waals surface area contributed by atoms with Gasteiger partial charge in [0, 0.05) is 29.5 Å². The van der Waals surface area contributed by atoms with Crippen LogP contribution in [0.25, 0.3) is 0 Å². The van der Waals surface area contributed by atoms with Crippen LogP contribution in [0.4, 0.5) is 5.69 Å². The molecule has 1 aliphatic heterocycles. The summed E-state index contributed by atoms with van der Waals surface area (Å²) >= 11 is 0. The molecule has 0 saturated carbocycles. The SMILES string of the molecule is CCOC(=O)C[C@H]1CCN(Cc2ccccc2)[C@@H](c2ccc([N+](=O)[O-])cc2)[C@@H]1[N+](=O)[O-]. The van der Waals surface area contributed by atoms with E-state index in [1.54, 1.807) is 19.1 Å². The first-order valence-corrected chi connectivity index (χ1v) is 10.2. The van der Waals surface area contributed by atoms with Crippen LogP contribution in [-0.2, 0) is 16.1 Å².